The minimum Gasteiger partial charge on any atom is -0.459 e. The summed E-state index contributed by atoms with van der Waals surface area (Å²) in [5.74, 6) is -1.02. The van der Waals surface area contributed by atoms with Crippen LogP contribution in [0.25, 0.3) is 22.9 Å². The van der Waals surface area contributed by atoms with Gasteiger partial charge in [-0.05, 0) is 86.6 Å². The van der Waals surface area contributed by atoms with Crippen molar-refractivity contribution < 1.29 is 32.4 Å². The Balaban J connectivity index is 1.14. The van der Waals surface area contributed by atoms with Crippen LogP contribution in [0.2, 0.25) is 0 Å². The van der Waals surface area contributed by atoms with E-state index < -0.39 is 35.7 Å². The molecule has 0 fully saturated rings. The Hall–Kier alpha value is -5.98. The van der Waals surface area contributed by atoms with Crippen LogP contribution in [0.15, 0.2) is 98.6 Å². The molecule has 2 atom stereocenters. The molecule has 2 aromatic carbocycles. The van der Waals surface area contributed by atoms with Crippen molar-refractivity contribution >= 4 is 35.0 Å². The lowest BCUT2D eigenvalue weighted by molar-refractivity contribution is -0.118. The monoisotopic (exact) mass is 582 g/mol. The van der Waals surface area contributed by atoms with Crippen LogP contribution in [0, 0.1) is 0 Å². The molecule has 0 aliphatic rings. The first-order valence-corrected chi connectivity index (χ1v) is 13.1. The van der Waals surface area contributed by atoms with E-state index in [9.17, 15) is 19.2 Å². The third-order valence-electron chi connectivity index (χ3n) is 6.20. The molecule has 3 aromatic heterocycles. The predicted octanol–water partition coefficient (Wildman–Crippen LogP) is 4.10. The Morgan fingerprint density at radius 1 is 0.605 bits per heavy atom. The van der Waals surface area contributed by atoms with Gasteiger partial charge in [-0.3, -0.25) is 19.2 Å². The number of anilines is 2. The summed E-state index contributed by atoms with van der Waals surface area (Å²) in [6.07, 6.45) is 2.76. The molecule has 0 spiro atoms. The highest BCUT2D eigenvalue weighted by Gasteiger charge is 2.20. The van der Waals surface area contributed by atoms with Gasteiger partial charge in [-0.2, -0.15) is 0 Å². The van der Waals surface area contributed by atoms with Crippen molar-refractivity contribution in [1.82, 2.24) is 20.8 Å². The van der Waals surface area contributed by atoms with Gasteiger partial charge >= 0.3 is 0 Å². The summed E-state index contributed by atoms with van der Waals surface area (Å²) in [5, 5.41) is 18.8. The van der Waals surface area contributed by atoms with Crippen LogP contribution in [0.4, 0.5) is 11.4 Å². The molecule has 0 bridgehead atoms. The highest BCUT2D eigenvalue weighted by atomic mass is 16.4. The van der Waals surface area contributed by atoms with E-state index in [0.29, 0.717) is 22.5 Å². The molecule has 4 N–H and O–H groups in total. The summed E-state index contributed by atoms with van der Waals surface area (Å²) >= 11 is 0. The van der Waals surface area contributed by atoms with Crippen molar-refractivity contribution in [2.75, 3.05) is 10.6 Å². The Bertz CT molecular complexity index is 1580. The zero-order chi connectivity index (χ0) is 30.3. The smallest absolute Gasteiger partial charge is 0.287 e. The van der Waals surface area contributed by atoms with Crippen LogP contribution in [0.5, 0.6) is 0 Å². The number of hydrogen-bond acceptors (Lipinski definition) is 9. The number of hydrogen-bond donors (Lipinski definition) is 4. The molecule has 5 aromatic rings. The van der Waals surface area contributed by atoms with Gasteiger partial charge in [0, 0.05) is 22.5 Å². The third-order valence-corrected chi connectivity index (χ3v) is 6.20. The van der Waals surface area contributed by atoms with Gasteiger partial charge in [0.1, 0.15) is 12.1 Å². The largest absolute Gasteiger partial charge is 0.459 e. The number of nitrogens with one attached hydrogen (secondary N) is 4. The second-order valence-corrected chi connectivity index (χ2v) is 9.39. The summed E-state index contributed by atoms with van der Waals surface area (Å²) in [6, 6.07) is 18.1. The van der Waals surface area contributed by atoms with E-state index >= 15 is 0 Å². The van der Waals surface area contributed by atoms with Crippen molar-refractivity contribution in [2.24, 2.45) is 0 Å². The first-order chi connectivity index (χ1) is 20.8. The van der Waals surface area contributed by atoms with Gasteiger partial charge in [-0.25, -0.2) is 0 Å². The lowest BCUT2D eigenvalue weighted by atomic mass is 10.2. The summed E-state index contributed by atoms with van der Waals surface area (Å²) < 4.78 is 15.9. The van der Waals surface area contributed by atoms with Crippen LogP contribution in [-0.4, -0.2) is 45.9 Å². The molecule has 0 aliphatic heterocycles. The molecule has 0 unspecified atom stereocenters. The Kier molecular flexibility index (Phi) is 8.42. The van der Waals surface area contributed by atoms with E-state index in [1.165, 1.54) is 24.7 Å². The number of aromatic nitrogens is 2. The fourth-order valence-electron chi connectivity index (χ4n) is 3.83. The maximum atomic E-state index is 12.5. The van der Waals surface area contributed by atoms with E-state index in [0.717, 1.165) is 0 Å². The second kappa shape index (κ2) is 12.7. The van der Waals surface area contributed by atoms with Gasteiger partial charge in [0.25, 0.3) is 11.8 Å². The molecule has 5 rings (SSSR count). The number of carbonyl (C=O) groups excluding carboxylic acids is 4. The third kappa shape index (κ3) is 7.03. The van der Waals surface area contributed by atoms with E-state index in [1.807, 2.05) is 0 Å². The van der Waals surface area contributed by atoms with Crippen molar-refractivity contribution in [3.63, 3.8) is 0 Å². The topological polar surface area (TPSA) is 182 Å². The Morgan fingerprint density at radius 2 is 1.00 bits per heavy atom. The fourth-order valence-corrected chi connectivity index (χ4v) is 3.83. The normalized spacial score (nSPS) is 12.1. The number of carbonyl (C=O) groups is 4. The Labute approximate surface area is 244 Å². The van der Waals surface area contributed by atoms with Gasteiger partial charge < -0.3 is 34.5 Å². The fraction of sp³-hybridized carbons (Fsp3) is 0.133. The lowest BCUT2D eigenvalue weighted by Gasteiger charge is -2.13. The highest BCUT2D eigenvalue weighted by Crippen LogP contribution is 2.26. The molecule has 0 aliphatic carbocycles. The molecule has 13 heteroatoms. The molecular formula is C30H26N6O7. The van der Waals surface area contributed by atoms with Crippen LogP contribution >= 0.6 is 0 Å². The molecule has 218 valence electrons. The first-order valence-electron chi connectivity index (χ1n) is 13.1. The van der Waals surface area contributed by atoms with Crippen molar-refractivity contribution in [1.29, 1.82) is 0 Å². The van der Waals surface area contributed by atoms with Crippen LogP contribution in [-0.2, 0) is 9.59 Å². The molecule has 4 amide bonds. The maximum Gasteiger partial charge on any atom is 0.287 e. The molecule has 0 saturated heterocycles. The summed E-state index contributed by atoms with van der Waals surface area (Å²) in [4.78, 5) is 49.2. The molecular weight excluding hydrogens is 556 g/mol. The molecule has 43 heavy (non-hydrogen) atoms. The molecule has 13 nitrogen and oxygen atoms in total. The Morgan fingerprint density at radius 3 is 1.35 bits per heavy atom. The van der Waals surface area contributed by atoms with Crippen LogP contribution < -0.4 is 21.3 Å². The summed E-state index contributed by atoms with van der Waals surface area (Å²) in [7, 11) is 0. The first kappa shape index (κ1) is 28.5. The summed E-state index contributed by atoms with van der Waals surface area (Å²) in [6.45, 7) is 3.13. The van der Waals surface area contributed by atoms with Crippen molar-refractivity contribution in [3.8, 4) is 22.9 Å². The SMILES string of the molecule is C[C@H](NC(=O)c1ccco1)C(=O)Nc1ccc(-c2nnc(-c3ccc(NC(=O)[C@H](C)NC(=O)c4ccco4)cc3)o2)cc1. The minimum atomic E-state index is -0.799. The summed E-state index contributed by atoms with van der Waals surface area (Å²) in [5.41, 5.74) is 2.29. The lowest BCUT2D eigenvalue weighted by Crippen LogP contribution is -2.41. The standard InChI is InChI=1S/C30H26N6O7/c1-17(31-27(39)23-5-3-15-41-23)25(37)33-21-11-7-19(8-12-21)29-35-36-30(43-29)20-9-13-22(14-10-20)34-26(38)18(2)32-28(40)24-6-4-16-42-24/h3-18H,1-2H3,(H,31,39)(H,32,40)(H,33,37)(H,34,38)/t17-,18-/m0/s1. The van der Waals surface area contributed by atoms with Crippen LogP contribution in [0.1, 0.15) is 35.0 Å². The van der Waals surface area contributed by atoms with E-state index in [1.54, 1.807) is 74.5 Å². The van der Waals surface area contributed by atoms with Crippen molar-refractivity contribution in [3.05, 3.63) is 96.8 Å². The quantitative estimate of drug-likeness (QED) is 0.188. The maximum absolute atomic E-state index is 12.5. The number of nitrogens with zero attached hydrogens (tertiary/aromatic N) is 2. The highest BCUT2D eigenvalue weighted by molar-refractivity contribution is 6.00. The average Bonchev–Trinajstić information content (AvgIpc) is 3.81. The van der Waals surface area contributed by atoms with E-state index in [-0.39, 0.29) is 23.3 Å². The van der Waals surface area contributed by atoms with Crippen LogP contribution in [0.3, 0.4) is 0 Å². The predicted molar refractivity (Wildman–Crippen MR) is 154 cm³/mol. The molecule has 0 saturated carbocycles. The van der Waals surface area contributed by atoms with Gasteiger partial charge in [0.15, 0.2) is 11.5 Å². The van der Waals surface area contributed by atoms with Gasteiger partial charge in [-0.15, -0.1) is 10.2 Å². The van der Waals surface area contributed by atoms with E-state index in [4.69, 9.17) is 13.3 Å². The number of furan rings is 2. The van der Waals surface area contributed by atoms with Gasteiger partial charge in [0.2, 0.25) is 23.6 Å². The van der Waals surface area contributed by atoms with Gasteiger partial charge in [0.05, 0.1) is 12.5 Å². The number of rotatable bonds is 10. The second-order valence-electron chi connectivity index (χ2n) is 9.39. The van der Waals surface area contributed by atoms with Gasteiger partial charge in [-0.1, -0.05) is 0 Å². The number of benzene rings is 2. The molecule has 0 radical (unpaired) electrons. The van der Waals surface area contributed by atoms with Crippen molar-refractivity contribution in [2.45, 2.75) is 25.9 Å². The zero-order valence-electron chi connectivity index (χ0n) is 23.0. The van der Waals surface area contributed by atoms with E-state index in [2.05, 4.69) is 31.5 Å². The molecule has 3 heterocycles. The number of amides is 4. The minimum absolute atomic E-state index is 0.115. The zero-order valence-corrected chi connectivity index (χ0v) is 23.0. The average molecular weight is 583 g/mol.